The molecule has 3 N–H and O–H groups in total. The Morgan fingerprint density at radius 3 is 2.20 bits per heavy atom. The van der Waals surface area contributed by atoms with Crippen molar-refractivity contribution in [2.24, 2.45) is 41.4 Å². The molecule has 0 aliphatic carbocycles. The fraction of sp³-hybridized carbons (Fsp3) is 0.974. The van der Waals surface area contributed by atoms with E-state index in [2.05, 4.69) is 48.5 Å². The fourth-order valence-electron chi connectivity index (χ4n) is 11.0. The van der Waals surface area contributed by atoms with E-state index in [0.717, 1.165) is 64.2 Å². The maximum atomic E-state index is 11.8. The van der Waals surface area contributed by atoms with Crippen molar-refractivity contribution in [3.05, 3.63) is 0 Å². The van der Waals surface area contributed by atoms with Crippen molar-refractivity contribution in [3.8, 4) is 0 Å². The second-order valence-electron chi connectivity index (χ2n) is 18.1. The van der Waals surface area contributed by atoms with Crippen molar-refractivity contribution < 1.29 is 48.5 Å². The van der Waals surface area contributed by atoms with E-state index in [4.69, 9.17) is 28.4 Å². The molecule has 6 aliphatic heterocycles. The highest BCUT2D eigenvalue weighted by Gasteiger charge is 2.63. The first kappa shape index (κ1) is 37.9. The summed E-state index contributed by atoms with van der Waals surface area (Å²) in [7, 11) is 0. The minimum absolute atomic E-state index is 0.00417. The predicted molar refractivity (Wildman–Crippen MR) is 183 cm³/mol. The standard InChI is InChI=1S/C39H66O10/c1-21-10-12-28(44-32(21)27(7)35(41)42)18-29-13-11-24(4)39(46-29)26(6)19-37(9,49-39)31-14-15-36(8,47-31)34-23(3)17-30(45-34)33-22(2)16-25(5)38(43,20-40)48-33/h21-34,40,43H,10-20H2,1-9H3,(H,41,42)/t21-,22-,23-,24+,25+,26+,27+,28+,29-,30+,31+,32+,33-,34+,36-,37-,38-,39-/m0/s1. The van der Waals surface area contributed by atoms with Crippen LogP contribution in [0.5, 0.6) is 0 Å². The predicted octanol–water partition coefficient (Wildman–Crippen LogP) is 6.08. The van der Waals surface area contributed by atoms with Crippen LogP contribution in [0.25, 0.3) is 0 Å². The van der Waals surface area contributed by atoms with Gasteiger partial charge in [0, 0.05) is 17.8 Å². The van der Waals surface area contributed by atoms with Crippen LogP contribution >= 0.6 is 0 Å². The first-order valence-corrected chi connectivity index (χ1v) is 19.5. The molecular weight excluding hydrogens is 628 g/mol. The van der Waals surface area contributed by atoms with E-state index in [1.54, 1.807) is 6.92 Å². The summed E-state index contributed by atoms with van der Waals surface area (Å²) in [6.07, 6.45) is 7.79. The Morgan fingerprint density at radius 2 is 1.51 bits per heavy atom. The highest BCUT2D eigenvalue weighted by molar-refractivity contribution is 5.70. The molecule has 0 radical (unpaired) electrons. The molecule has 6 heterocycles. The quantitative estimate of drug-likeness (QED) is 0.275. The van der Waals surface area contributed by atoms with Crippen molar-refractivity contribution in [1.82, 2.24) is 0 Å². The third kappa shape index (κ3) is 6.89. The lowest BCUT2D eigenvalue weighted by atomic mass is 9.79. The molecule has 0 saturated carbocycles. The van der Waals surface area contributed by atoms with Gasteiger partial charge in [-0.3, -0.25) is 4.79 Å². The lowest BCUT2D eigenvalue weighted by Gasteiger charge is -2.48. The molecular formula is C39H66O10. The van der Waals surface area contributed by atoms with E-state index in [1.807, 2.05) is 6.92 Å². The molecule has 49 heavy (non-hydrogen) atoms. The first-order chi connectivity index (χ1) is 22.9. The van der Waals surface area contributed by atoms with Gasteiger partial charge in [-0.05, 0) is 103 Å². The molecule has 10 nitrogen and oxygen atoms in total. The number of hydrogen-bond acceptors (Lipinski definition) is 9. The number of carboxylic acid groups (broad SMARTS) is 1. The maximum absolute atomic E-state index is 11.8. The third-order valence-corrected chi connectivity index (χ3v) is 14.0. The second kappa shape index (κ2) is 13.9. The normalized spacial score (nSPS) is 54.4. The average Bonchev–Trinajstić information content (AvgIpc) is 3.72. The molecule has 1 spiro atoms. The molecule has 0 aromatic heterocycles. The zero-order valence-electron chi connectivity index (χ0n) is 31.6. The molecule has 10 heteroatoms. The van der Waals surface area contributed by atoms with Gasteiger partial charge in [-0.15, -0.1) is 0 Å². The molecule has 282 valence electrons. The van der Waals surface area contributed by atoms with Crippen molar-refractivity contribution in [2.45, 2.75) is 192 Å². The van der Waals surface area contributed by atoms with E-state index >= 15 is 0 Å². The van der Waals surface area contributed by atoms with Crippen molar-refractivity contribution in [2.75, 3.05) is 6.61 Å². The summed E-state index contributed by atoms with van der Waals surface area (Å²) >= 11 is 0. The Labute approximate surface area is 294 Å². The largest absolute Gasteiger partial charge is 0.481 e. The summed E-state index contributed by atoms with van der Waals surface area (Å²) in [4.78, 5) is 11.8. The minimum atomic E-state index is -1.54. The van der Waals surface area contributed by atoms with E-state index in [-0.39, 0.29) is 78.2 Å². The highest BCUT2D eigenvalue weighted by atomic mass is 16.7. The summed E-state index contributed by atoms with van der Waals surface area (Å²) in [5.41, 5.74) is -0.995. The lowest BCUT2D eigenvalue weighted by molar-refractivity contribution is -0.337. The van der Waals surface area contributed by atoms with Gasteiger partial charge in [0.2, 0.25) is 0 Å². The van der Waals surface area contributed by atoms with Crippen molar-refractivity contribution in [1.29, 1.82) is 0 Å². The molecule has 0 bridgehead atoms. The number of aliphatic hydroxyl groups is 2. The van der Waals surface area contributed by atoms with Gasteiger partial charge in [-0.25, -0.2) is 0 Å². The fourth-order valence-corrected chi connectivity index (χ4v) is 11.0. The van der Waals surface area contributed by atoms with E-state index in [0.29, 0.717) is 0 Å². The summed E-state index contributed by atoms with van der Waals surface area (Å²) < 4.78 is 40.7. The van der Waals surface area contributed by atoms with Crippen LogP contribution in [0.15, 0.2) is 0 Å². The van der Waals surface area contributed by atoms with Gasteiger partial charge < -0.3 is 43.7 Å². The minimum Gasteiger partial charge on any atom is -0.481 e. The number of rotatable bonds is 8. The lowest BCUT2D eigenvalue weighted by Crippen LogP contribution is -2.55. The van der Waals surface area contributed by atoms with Crippen LogP contribution in [0, 0.1) is 41.4 Å². The SMILES string of the molecule is C[C@@H]1CC[C@@H](C[C@H]2CC[C@H](C)[C@H]([C@@H](C)C(=O)O)O2)O[C@]12O[C@](C)([C@H]1CC[C@@](C)([C@@H]3O[C@@H]([C@H]4O[C@@](O)(CO)[C@H](C)C[C@@H]4C)C[C@@H]3C)O1)C[C@H]2C. The summed E-state index contributed by atoms with van der Waals surface area (Å²) in [5, 5.41) is 30.6. The topological polar surface area (TPSA) is 133 Å². The van der Waals surface area contributed by atoms with Gasteiger partial charge >= 0.3 is 5.97 Å². The molecule has 18 atom stereocenters. The third-order valence-electron chi connectivity index (χ3n) is 14.0. The van der Waals surface area contributed by atoms with Crippen LogP contribution in [-0.2, 0) is 33.2 Å². The van der Waals surface area contributed by atoms with Crippen LogP contribution in [0.2, 0.25) is 0 Å². The van der Waals surface area contributed by atoms with Crippen LogP contribution in [-0.4, -0.2) is 93.4 Å². The molecule has 0 unspecified atom stereocenters. The molecule has 0 aromatic carbocycles. The van der Waals surface area contributed by atoms with E-state index in [1.165, 1.54) is 0 Å². The van der Waals surface area contributed by atoms with Crippen LogP contribution in [0.3, 0.4) is 0 Å². The van der Waals surface area contributed by atoms with Gasteiger partial charge in [-0.1, -0.05) is 41.5 Å². The molecule has 6 fully saturated rings. The molecule has 6 rings (SSSR count). The number of carbonyl (C=O) groups is 1. The number of hydrogen-bond donors (Lipinski definition) is 3. The summed E-state index contributed by atoms with van der Waals surface area (Å²) in [6, 6.07) is 0. The monoisotopic (exact) mass is 694 g/mol. The molecule has 6 aliphatic rings. The number of aliphatic hydroxyl groups excluding tert-OH is 1. The Kier molecular flexibility index (Phi) is 10.7. The van der Waals surface area contributed by atoms with Gasteiger partial charge in [0.25, 0.3) is 0 Å². The molecule has 0 aromatic rings. The zero-order valence-corrected chi connectivity index (χ0v) is 31.6. The second-order valence-corrected chi connectivity index (χ2v) is 18.1. The van der Waals surface area contributed by atoms with Gasteiger partial charge in [0.1, 0.15) is 0 Å². The first-order valence-electron chi connectivity index (χ1n) is 19.5. The molecule has 6 saturated heterocycles. The summed E-state index contributed by atoms with van der Waals surface area (Å²) in [5.74, 6) is -2.63. The zero-order chi connectivity index (χ0) is 35.7. The average molecular weight is 695 g/mol. The van der Waals surface area contributed by atoms with Crippen molar-refractivity contribution >= 4 is 5.97 Å². The van der Waals surface area contributed by atoms with Gasteiger partial charge in [0.05, 0.1) is 66.5 Å². The van der Waals surface area contributed by atoms with Gasteiger partial charge in [-0.2, -0.15) is 0 Å². The summed E-state index contributed by atoms with van der Waals surface area (Å²) in [6.45, 7) is 18.6. The van der Waals surface area contributed by atoms with E-state index in [9.17, 15) is 20.1 Å². The molecule has 0 amide bonds. The Morgan fingerprint density at radius 1 is 0.796 bits per heavy atom. The number of carboxylic acids is 1. The van der Waals surface area contributed by atoms with Crippen LogP contribution < -0.4 is 0 Å². The van der Waals surface area contributed by atoms with Crippen LogP contribution in [0.4, 0.5) is 0 Å². The number of ether oxygens (including phenoxy) is 6. The Balaban J connectivity index is 1.10. The Bertz CT molecular complexity index is 1180. The maximum Gasteiger partial charge on any atom is 0.308 e. The highest BCUT2D eigenvalue weighted by Crippen LogP contribution is 2.56. The van der Waals surface area contributed by atoms with Crippen LogP contribution in [0.1, 0.15) is 127 Å². The smallest absolute Gasteiger partial charge is 0.308 e. The van der Waals surface area contributed by atoms with E-state index < -0.39 is 41.3 Å². The van der Waals surface area contributed by atoms with Gasteiger partial charge in [0.15, 0.2) is 11.6 Å². The Hall–Kier alpha value is -0.850. The van der Waals surface area contributed by atoms with Crippen molar-refractivity contribution in [3.63, 3.8) is 0 Å². The number of aliphatic carboxylic acids is 1.